The Morgan fingerprint density at radius 3 is 2.42 bits per heavy atom. The van der Waals surface area contributed by atoms with Crippen molar-refractivity contribution in [3.05, 3.63) is 45.8 Å². The number of piperazine rings is 1. The van der Waals surface area contributed by atoms with E-state index in [-0.39, 0.29) is 5.91 Å². The number of likely N-dealkylation sites (N-methyl/N-ethyl adjacent to an activating group) is 1. The zero-order valence-electron chi connectivity index (χ0n) is 16.0. The minimum Gasteiger partial charge on any atom is -0.497 e. The van der Waals surface area contributed by atoms with Crippen LogP contribution in [0.4, 0.5) is 5.00 Å². The number of benzene rings is 1. The molecule has 0 spiro atoms. The Labute approximate surface area is 159 Å². The third-order valence-corrected chi connectivity index (χ3v) is 6.23. The lowest BCUT2D eigenvalue weighted by Gasteiger charge is -2.32. The molecule has 1 amide bonds. The van der Waals surface area contributed by atoms with Gasteiger partial charge in [-0.1, -0.05) is 0 Å². The zero-order valence-corrected chi connectivity index (χ0v) is 16.8. The van der Waals surface area contributed by atoms with E-state index in [9.17, 15) is 4.79 Å². The van der Waals surface area contributed by atoms with Crippen LogP contribution in [0.5, 0.6) is 5.75 Å². The number of carbonyl (C=O) groups excluding carboxylic acids is 1. The Bertz CT molecular complexity index is 762. The summed E-state index contributed by atoms with van der Waals surface area (Å²) >= 11 is 1.67. The molecule has 0 aliphatic carbocycles. The maximum absolute atomic E-state index is 12.7. The molecule has 1 aromatic carbocycles. The van der Waals surface area contributed by atoms with Crippen LogP contribution in [0, 0.1) is 13.8 Å². The van der Waals surface area contributed by atoms with E-state index in [1.807, 2.05) is 12.1 Å². The van der Waals surface area contributed by atoms with Gasteiger partial charge in [-0.05, 0) is 50.7 Å². The number of anilines is 1. The fourth-order valence-electron chi connectivity index (χ4n) is 3.11. The van der Waals surface area contributed by atoms with Crippen LogP contribution in [0.25, 0.3) is 0 Å². The number of nitrogens with one attached hydrogen (secondary N) is 1. The van der Waals surface area contributed by atoms with E-state index in [1.54, 1.807) is 30.6 Å². The second-order valence-corrected chi connectivity index (χ2v) is 8.08. The molecule has 1 aliphatic heterocycles. The Morgan fingerprint density at radius 2 is 1.81 bits per heavy atom. The van der Waals surface area contributed by atoms with Gasteiger partial charge in [0.05, 0.1) is 7.11 Å². The maximum Gasteiger partial charge on any atom is 0.256 e. The van der Waals surface area contributed by atoms with Crippen LogP contribution >= 0.6 is 11.3 Å². The van der Waals surface area contributed by atoms with Crippen molar-refractivity contribution in [2.45, 2.75) is 20.4 Å². The molecule has 140 valence electrons. The van der Waals surface area contributed by atoms with E-state index >= 15 is 0 Å². The second-order valence-electron chi connectivity index (χ2n) is 6.85. The summed E-state index contributed by atoms with van der Waals surface area (Å²) < 4.78 is 5.16. The first-order chi connectivity index (χ1) is 12.5. The first-order valence-electron chi connectivity index (χ1n) is 8.93. The van der Waals surface area contributed by atoms with Crippen LogP contribution in [0.1, 0.15) is 26.4 Å². The Kier molecular flexibility index (Phi) is 5.96. The van der Waals surface area contributed by atoms with Gasteiger partial charge in [-0.2, -0.15) is 0 Å². The van der Waals surface area contributed by atoms with Crippen LogP contribution in [0.15, 0.2) is 24.3 Å². The van der Waals surface area contributed by atoms with Gasteiger partial charge in [-0.15, -0.1) is 11.3 Å². The van der Waals surface area contributed by atoms with E-state index in [4.69, 9.17) is 4.74 Å². The van der Waals surface area contributed by atoms with Gasteiger partial charge in [0.15, 0.2) is 0 Å². The van der Waals surface area contributed by atoms with Gasteiger partial charge < -0.3 is 15.0 Å². The number of ether oxygens (including phenoxy) is 1. The normalized spacial score (nSPS) is 15.8. The molecule has 2 aromatic rings. The van der Waals surface area contributed by atoms with Crippen LogP contribution < -0.4 is 10.1 Å². The number of carbonyl (C=O) groups is 1. The molecule has 0 radical (unpaired) electrons. The number of hydrogen-bond acceptors (Lipinski definition) is 5. The molecule has 1 aliphatic rings. The summed E-state index contributed by atoms with van der Waals surface area (Å²) in [5, 5.41) is 4.10. The standard InChI is InChI=1S/C20H27N3O2S/c1-14-15(2)26-20(18(14)13-23-11-9-22(3)10-12-23)21-19(24)16-5-7-17(25-4)8-6-16/h5-8H,9-13H2,1-4H3,(H,21,24). The van der Waals surface area contributed by atoms with Gasteiger partial charge in [-0.3, -0.25) is 9.69 Å². The molecule has 6 heteroatoms. The predicted molar refractivity (Wildman–Crippen MR) is 108 cm³/mol. The smallest absolute Gasteiger partial charge is 0.256 e. The zero-order chi connectivity index (χ0) is 18.7. The summed E-state index contributed by atoms with van der Waals surface area (Å²) in [6.45, 7) is 9.48. The molecule has 1 saturated heterocycles. The lowest BCUT2D eigenvalue weighted by Crippen LogP contribution is -2.44. The van der Waals surface area contributed by atoms with Crippen LogP contribution in [0.2, 0.25) is 0 Å². The maximum atomic E-state index is 12.7. The summed E-state index contributed by atoms with van der Waals surface area (Å²) in [7, 11) is 3.79. The summed E-state index contributed by atoms with van der Waals surface area (Å²) in [4.78, 5) is 18.7. The van der Waals surface area contributed by atoms with E-state index in [1.165, 1.54) is 16.0 Å². The van der Waals surface area contributed by atoms with Crippen molar-refractivity contribution in [3.8, 4) is 5.75 Å². The molecule has 26 heavy (non-hydrogen) atoms. The third-order valence-electron chi connectivity index (χ3n) is 5.07. The number of nitrogens with zero attached hydrogens (tertiary/aromatic N) is 2. The van der Waals surface area contributed by atoms with Crippen molar-refractivity contribution < 1.29 is 9.53 Å². The van der Waals surface area contributed by atoms with Crippen molar-refractivity contribution in [2.75, 3.05) is 45.7 Å². The highest BCUT2D eigenvalue weighted by atomic mass is 32.1. The van der Waals surface area contributed by atoms with Gasteiger partial charge in [0, 0.05) is 48.7 Å². The number of rotatable bonds is 5. The predicted octanol–water partition coefficient (Wildman–Crippen LogP) is 3.37. The van der Waals surface area contributed by atoms with E-state index < -0.39 is 0 Å². The highest BCUT2D eigenvalue weighted by Gasteiger charge is 2.20. The molecule has 1 fully saturated rings. The SMILES string of the molecule is COc1ccc(C(=O)Nc2sc(C)c(C)c2CN2CCN(C)CC2)cc1. The summed E-state index contributed by atoms with van der Waals surface area (Å²) in [5.41, 5.74) is 3.18. The van der Waals surface area contributed by atoms with E-state index in [0.29, 0.717) is 5.56 Å². The topological polar surface area (TPSA) is 44.8 Å². The molecule has 0 unspecified atom stereocenters. The van der Waals surface area contributed by atoms with Crippen molar-refractivity contribution in [1.82, 2.24) is 9.80 Å². The first kappa shape index (κ1) is 18.9. The number of thiophene rings is 1. The molecule has 0 bridgehead atoms. The van der Waals surface area contributed by atoms with Crippen molar-refractivity contribution in [2.24, 2.45) is 0 Å². The lowest BCUT2D eigenvalue weighted by atomic mass is 10.1. The summed E-state index contributed by atoms with van der Waals surface area (Å²) in [6.07, 6.45) is 0. The largest absolute Gasteiger partial charge is 0.497 e. The molecule has 1 N–H and O–H groups in total. The average Bonchev–Trinajstić information content (AvgIpc) is 2.91. The fraction of sp³-hybridized carbons (Fsp3) is 0.450. The Hall–Kier alpha value is -1.89. The van der Waals surface area contributed by atoms with E-state index in [0.717, 1.165) is 43.5 Å². The number of hydrogen-bond donors (Lipinski definition) is 1. The number of amides is 1. The highest BCUT2D eigenvalue weighted by Crippen LogP contribution is 2.34. The molecule has 5 nitrogen and oxygen atoms in total. The molecular weight excluding hydrogens is 346 g/mol. The van der Waals surface area contributed by atoms with Crippen molar-refractivity contribution in [3.63, 3.8) is 0 Å². The lowest BCUT2D eigenvalue weighted by molar-refractivity contribution is 0.102. The Balaban J connectivity index is 1.74. The monoisotopic (exact) mass is 373 g/mol. The van der Waals surface area contributed by atoms with Gasteiger partial charge in [-0.25, -0.2) is 0 Å². The minimum atomic E-state index is -0.0754. The van der Waals surface area contributed by atoms with Crippen LogP contribution in [-0.4, -0.2) is 56.0 Å². The minimum absolute atomic E-state index is 0.0754. The number of methoxy groups -OCH3 is 1. The molecule has 0 atom stereocenters. The van der Waals surface area contributed by atoms with Crippen molar-refractivity contribution >= 4 is 22.2 Å². The second kappa shape index (κ2) is 8.20. The molecule has 2 heterocycles. The van der Waals surface area contributed by atoms with Crippen LogP contribution in [0.3, 0.4) is 0 Å². The van der Waals surface area contributed by atoms with Crippen molar-refractivity contribution in [1.29, 1.82) is 0 Å². The van der Waals surface area contributed by atoms with E-state index in [2.05, 4.69) is 36.0 Å². The summed E-state index contributed by atoms with van der Waals surface area (Å²) in [6, 6.07) is 7.21. The highest BCUT2D eigenvalue weighted by molar-refractivity contribution is 7.16. The third kappa shape index (κ3) is 4.26. The Morgan fingerprint density at radius 1 is 1.15 bits per heavy atom. The molecule has 0 saturated carbocycles. The van der Waals surface area contributed by atoms with Gasteiger partial charge in [0.1, 0.15) is 10.8 Å². The first-order valence-corrected chi connectivity index (χ1v) is 9.74. The van der Waals surface area contributed by atoms with Crippen LogP contribution in [-0.2, 0) is 6.54 Å². The quantitative estimate of drug-likeness (QED) is 0.873. The van der Waals surface area contributed by atoms with Gasteiger partial charge in [0.25, 0.3) is 5.91 Å². The molecule has 1 aromatic heterocycles. The molecular formula is C20H27N3O2S. The number of aryl methyl sites for hydroxylation is 1. The van der Waals surface area contributed by atoms with Gasteiger partial charge in [0.2, 0.25) is 0 Å². The fourth-order valence-corrected chi connectivity index (χ4v) is 4.18. The van der Waals surface area contributed by atoms with Gasteiger partial charge >= 0.3 is 0 Å². The molecule has 3 rings (SSSR count). The average molecular weight is 374 g/mol. The summed E-state index contributed by atoms with van der Waals surface area (Å²) in [5.74, 6) is 0.675.